The van der Waals surface area contributed by atoms with Crippen molar-refractivity contribution in [1.29, 1.82) is 0 Å². The van der Waals surface area contributed by atoms with E-state index in [0.717, 1.165) is 49.5 Å². The first kappa shape index (κ1) is 22.1. The Morgan fingerprint density at radius 2 is 1.79 bits per heavy atom. The summed E-state index contributed by atoms with van der Waals surface area (Å²) in [4.78, 5) is 17.5. The summed E-state index contributed by atoms with van der Waals surface area (Å²) in [6, 6.07) is 13.7. The quantitative estimate of drug-likeness (QED) is 0.331. The van der Waals surface area contributed by atoms with Crippen molar-refractivity contribution in [1.82, 2.24) is 24.5 Å². The summed E-state index contributed by atoms with van der Waals surface area (Å²) in [5.41, 5.74) is 5.84. The van der Waals surface area contributed by atoms with Gasteiger partial charge < -0.3 is 9.73 Å². The van der Waals surface area contributed by atoms with Crippen LogP contribution in [0.2, 0.25) is 0 Å². The van der Waals surface area contributed by atoms with Gasteiger partial charge in [0.2, 0.25) is 5.91 Å². The van der Waals surface area contributed by atoms with Crippen molar-refractivity contribution in [3.8, 4) is 11.3 Å². The molecule has 5 rings (SSSR count). The van der Waals surface area contributed by atoms with Gasteiger partial charge in [-0.2, -0.15) is 10.2 Å². The highest BCUT2D eigenvalue weighted by Gasteiger charge is 2.19. The first-order chi connectivity index (χ1) is 16.4. The molecule has 0 aliphatic rings. The Balaban J connectivity index is 1.37. The summed E-state index contributed by atoms with van der Waals surface area (Å²) in [5, 5.41) is 13.1. The fourth-order valence-corrected chi connectivity index (χ4v) is 4.40. The molecule has 0 unspecified atom stereocenters. The maximum Gasteiger partial charge on any atom is 0.246 e. The van der Waals surface area contributed by atoms with Crippen molar-refractivity contribution < 1.29 is 9.21 Å². The minimum absolute atomic E-state index is 0.0374. The summed E-state index contributed by atoms with van der Waals surface area (Å²) >= 11 is 3.46. The van der Waals surface area contributed by atoms with Crippen LogP contribution in [0.15, 0.2) is 63.8 Å². The summed E-state index contributed by atoms with van der Waals surface area (Å²) in [5.74, 6) is 0.549. The average molecular weight is 519 g/mol. The number of pyridine rings is 1. The van der Waals surface area contributed by atoms with Crippen LogP contribution in [0, 0.1) is 20.8 Å². The Bertz CT molecular complexity index is 1480. The zero-order valence-corrected chi connectivity index (χ0v) is 20.6. The molecule has 0 saturated carbocycles. The number of nitrogens with zero attached hydrogens (tertiary/aromatic N) is 5. The van der Waals surface area contributed by atoms with Crippen LogP contribution in [0.25, 0.3) is 22.4 Å². The molecular weight excluding hydrogens is 496 g/mol. The van der Waals surface area contributed by atoms with Crippen LogP contribution in [0.1, 0.15) is 22.6 Å². The smallest absolute Gasteiger partial charge is 0.246 e. The van der Waals surface area contributed by atoms with Gasteiger partial charge in [-0.15, -0.1) is 0 Å². The number of aryl methyl sites for hydroxylation is 2. The lowest BCUT2D eigenvalue weighted by atomic mass is 10.1. The van der Waals surface area contributed by atoms with Crippen molar-refractivity contribution in [2.45, 2.75) is 33.9 Å². The molecule has 0 aliphatic carbocycles. The van der Waals surface area contributed by atoms with Gasteiger partial charge in [0.1, 0.15) is 12.3 Å². The lowest BCUT2D eigenvalue weighted by molar-refractivity contribution is -0.116. The lowest BCUT2D eigenvalue weighted by Gasteiger charge is -2.08. The number of anilines is 1. The van der Waals surface area contributed by atoms with Crippen molar-refractivity contribution in [2.24, 2.45) is 0 Å². The molecule has 9 heteroatoms. The van der Waals surface area contributed by atoms with Gasteiger partial charge >= 0.3 is 0 Å². The summed E-state index contributed by atoms with van der Waals surface area (Å²) in [6.07, 6.45) is 3.34. The summed E-state index contributed by atoms with van der Waals surface area (Å²) in [7, 11) is 0. The van der Waals surface area contributed by atoms with Gasteiger partial charge in [-0.25, -0.2) is 9.67 Å². The predicted molar refractivity (Wildman–Crippen MR) is 134 cm³/mol. The van der Waals surface area contributed by atoms with E-state index in [4.69, 9.17) is 4.42 Å². The Morgan fingerprint density at radius 3 is 2.53 bits per heavy atom. The Hall–Kier alpha value is -3.72. The van der Waals surface area contributed by atoms with E-state index >= 15 is 0 Å². The molecule has 34 heavy (non-hydrogen) atoms. The second kappa shape index (κ2) is 8.90. The van der Waals surface area contributed by atoms with Crippen LogP contribution < -0.4 is 5.32 Å². The van der Waals surface area contributed by atoms with E-state index < -0.39 is 0 Å². The normalized spacial score (nSPS) is 11.3. The number of amides is 1. The van der Waals surface area contributed by atoms with Crippen LogP contribution in [0.4, 0.5) is 5.69 Å². The number of nitrogens with one attached hydrogen (secondary N) is 1. The van der Waals surface area contributed by atoms with Gasteiger partial charge in [0.05, 0.1) is 41.0 Å². The molecule has 1 aromatic carbocycles. The van der Waals surface area contributed by atoms with Gasteiger partial charge in [0.15, 0.2) is 5.65 Å². The molecule has 4 aromatic heterocycles. The minimum atomic E-state index is -0.191. The number of hydrogen-bond acceptors (Lipinski definition) is 5. The number of carbonyl (C=O) groups excluding carboxylic acids is 1. The third-order valence-electron chi connectivity index (χ3n) is 5.78. The summed E-state index contributed by atoms with van der Waals surface area (Å²) < 4.78 is 10.1. The van der Waals surface area contributed by atoms with Crippen LogP contribution in [0.3, 0.4) is 0 Å². The third-order valence-corrected chi connectivity index (χ3v) is 6.31. The van der Waals surface area contributed by atoms with E-state index in [2.05, 4.69) is 36.4 Å². The highest BCUT2D eigenvalue weighted by atomic mass is 79.9. The number of rotatable bonds is 6. The molecule has 8 nitrogen and oxygen atoms in total. The predicted octanol–water partition coefficient (Wildman–Crippen LogP) is 5.26. The Labute approximate surface area is 204 Å². The van der Waals surface area contributed by atoms with E-state index in [9.17, 15) is 4.79 Å². The molecular formula is C25H23BrN6O2. The van der Waals surface area contributed by atoms with Gasteiger partial charge in [-0.3, -0.25) is 9.48 Å². The molecule has 0 fully saturated rings. The fourth-order valence-electron chi connectivity index (χ4n) is 4.14. The number of furan rings is 1. The monoisotopic (exact) mass is 518 g/mol. The van der Waals surface area contributed by atoms with Gasteiger partial charge in [-0.1, -0.05) is 28.1 Å². The minimum Gasteiger partial charge on any atom is -0.464 e. The second-order valence-electron chi connectivity index (χ2n) is 8.16. The van der Waals surface area contributed by atoms with Gasteiger partial charge in [-0.05, 0) is 56.7 Å². The average Bonchev–Trinajstić information content (AvgIpc) is 3.52. The zero-order valence-electron chi connectivity index (χ0n) is 19.0. The lowest BCUT2D eigenvalue weighted by Crippen LogP contribution is -2.20. The molecule has 0 atom stereocenters. The molecule has 5 aromatic rings. The third kappa shape index (κ3) is 4.14. The first-order valence-corrected chi connectivity index (χ1v) is 11.6. The molecule has 0 bridgehead atoms. The fraction of sp³-hybridized carbons (Fsp3) is 0.200. The molecule has 0 saturated heterocycles. The van der Waals surface area contributed by atoms with E-state index in [1.807, 2.05) is 67.9 Å². The van der Waals surface area contributed by atoms with E-state index in [1.165, 1.54) is 0 Å². The highest BCUT2D eigenvalue weighted by molar-refractivity contribution is 9.10. The molecule has 172 valence electrons. The number of fused-ring (bicyclic) bond motifs is 1. The standard InChI is InChI=1S/C25H23BrN6O2/c1-15-23-20(21-5-4-12-34-21)10-11-27-25(23)32(29-15)14-22(33)28-24-16(2)30-31(17(24)3)13-18-6-8-19(26)9-7-18/h4-12H,13-14H2,1-3H3,(H,28,33). The molecule has 0 aliphatic heterocycles. The maximum absolute atomic E-state index is 13.0. The first-order valence-electron chi connectivity index (χ1n) is 10.8. The topological polar surface area (TPSA) is 90.8 Å². The van der Waals surface area contributed by atoms with Crippen LogP contribution in [0.5, 0.6) is 0 Å². The van der Waals surface area contributed by atoms with Gasteiger partial charge in [0.25, 0.3) is 0 Å². The van der Waals surface area contributed by atoms with E-state index in [-0.39, 0.29) is 12.5 Å². The summed E-state index contributed by atoms with van der Waals surface area (Å²) in [6.45, 7) is 6.42. The van der Waals surface area contributed by atoms with Crippen molar-refractivity contribution in [3.05, 3.63) is 82.0 Å². The Morgan fingerprint density at radius 1 is 1.03 bits per heavy atom. The van der Waals surface area contributed by atoms with Crippen molar-refractivity contribution >= 4 is 38.6 Å². The van der Waals surface area contributed by atoms with Crippen molar-refractivity contribution in [3.63, 3.8) is 0 Å². The molecule has 1 N–H and O–H groups in total. The number of benzene rings is 1. The number of carbonyl (C=O) groups is 1. The van der Waals surface area contributed by atoms with Crippen LogP contribution in [-0.2, 0) is 17.9 Å². The second-order valence-corrected chi connectivity index (χ2v) is 9.07. The zero-order chi connectivity index (χ0) is 23.8. The van der Waals surface area contributed by atoms with Crippen LogP contribution >= 0.6 is 15.9 Å². The number of hydrogen-bond donors (Lipinski definition) is 1. The molecule has 0 radical (unpaired) electrons. The SMILES string of the molecule is Cc1nn(Cc2ccc(Br)cc2)c(C)c1NC(=O)Cn1nc(C)c2c(-c3ccco3)ccnc21. The molecule has 0 spiro atoms. The maximum atomic E-state index is 13.0. The Kier molecular flexibility index (Phi) is 5.79. The largest absolute Gasteiger partial charge is 0.464 e. The van der Waals surface area contributed by atoms with Crippen LogP contribution in [-0.4, -0.2) is 30.5 Å². The molecule has 4 heterocycles. The van der Waals surface area contributed by atoms with Crippen molar-refractivity contribution in [2.75, 3.05) is 5.32 Å². The molecule has 1 amide bonds. The van der Waals surface area contributed by atoms with E-state index in [1.54, 1.807) is 17.1 Å². The number of halogens is 1. The van der Waals surface area contributed by atoms with E-state index in [0.29, 0.717) is 12.2 Å². The highest BCUT2D eigenvalue weighted by Crippen LogP contribution is 2.30. The van der Waals surface area contributed by atoms with Gasteiger partial charge in [0, 0.05) is 16.2 Å². The number of aromatic nitrogens is 5.